The molecule has 0 aliphatic carbocycles. The molecule has 0 spiro atoms. The van der Waals surface area contributed by atoms with Crippen LogP contribution >= 0.6 is 0 Å². The van der Waals surface area contributed by atoms with Gasteiger partial charge in [0.25, 0.3) is 5.91 Å². The quantitative estimate of drug-likeness (QED) is 0.568. The molecule has 0 saturated heterocycles. The van der Waals surface area contributed by atoms with Crippen molar-refractivity contribution in [3.05, 3.63) is 29.6 Å². The molecule has 0 saturated carbocycles. The van der Waals surface area contributed by atoms with E-state index in [1.807, 2.05) is 0 Å². The van der Waals surface area contributed by atoms with Crippen LogP contribution in [0.2, 0.25) is 0 Å². The molecule has 2 N–H and O–H groups in total. The number of rotatable bonds is 4. The van der Waals surface area contributed by atoms with Crippen LogP contribution in [0.25, 0.3) is 0 Å². The minimum atomic E-state index is -1.30. The molecule has 1 heterocycles. The Bertz CT molecular complexity index is 358. The van der Waals surface area contributed by atoms with Gasteiger partial charge in [0.15, 0.2) is 5.82 Å². The first-order valence-electron chi connectivity index (χ1n) is 4.36. The SMILES string of the molecule is O=C(NCCCO)c1ccnc(F)c1F. The topological polar surface area (TPSA) is 62.2 Å². The Morgan fingerprint density at radius 3 is 2.93 bits per heavy atom. The zero-order chi connectivity index (χ0) is 11.3. The van der Waals surface area contributed by atoms with Gasteiger partial charge in [-0.05, 0) is 12.5 Å². The normalized spacial score (nSPS) is 10.1. The highest BCUT2D eigenvalue weighted by atomic mass is 19.2. The molecule has 0 aliphatic heterocycles. The molecule has 0 fully saturated rings. The van der Waals surface area contributed by atoms with Crippen molar-refractivity contribution in [3.8, 4) is 0 Å². The van der Waals surface area contributed by atoms with E-state index in [2.05, 4.69) is 10.3 Å². The van der Waals surface area contributed by atoms with Crippen LogP contribution in [0.3, 0.4) is 0 Å². The summed E-state index contributed by atoms with van der Waals surface area (Å²) in [6, 6.07) is 1.09. The van der Waals surface area contributed by atoms with Crippen LogP contribution in [0.1, 0.15) is 16.8 Å². The summed E-state index contributed by atoms with van der Waals surface area (Å²) in [5.41, 5.74) is -0.388. The number of carbonyl (C=O) groups is 1. The fourth-order valence-corrected chi connectivity index (χ4v) is 0.970. The fourth-order valence-electron chi connectivity index (χ4n) is 0.970. The summed E-state index contributed by atoms with van der Waals surface area (Å²) >= 11 is 0. The monoisotopic (exact) mass is 216 g/mol. The minimum Gasteiger partial charge on any atom is -0.396 e. The van der Waals surface area contributed by atoms with Crippen molar-refractivity contribution in [2.45, 2.75) is 6.42 Å². The molecule has 0 aromatic carbocycles. The zero-order valence-electron chi connectivity index (χ0n) is 7.83. The number of pyridine rings is 1. The van der Waals surface area contributed by atoms with Crippen molar-refractivity contribution in [2.24, 2.45) is 0 Å². The van der Waals surface area contributed by atoms with Crippen molar-refractivity contribution in [1.82, 2.24) is 10.3 Å². The Kier molecular flexibility index (Phi) is 4.11. The van der Waals surface area contributed by atoms with Crippen LogP contribution in [0.5, 0.6) is 0 Å². The van der Waals surface area contributed by atoms with Gasteiger partial charge in [-0.25, -0.2) is 9.37 Å². The van der Waals surface area contributed by atoms with Gasteiger partial charge >= 0.3 is 0 Å². The molecule has 15 heavy (non-hydrogen) atoms. The third-order valence-electron chi connectivity index (χ3n) is 1.71. The highest BCUT2D eigenvalue weighted by Gasteiger charge is 2.15. The maximum atomic E-state index is 13.0. The Morgan fingerprint density at radius 1 is 1.53 bits per heavy atom. The maximum absolute atomic E-state index is 13.0. The predicted octanol–water partition coefficient (Wildman–Crippen LogP) is 0.472. The summed E-state index contributed by atoms with van der Waals surface area (Å²) in [5, 5.41) is 10.8. The van der Waals surface area contributed by atoms with Crippen LogP contribution < -0.4 is 5.32 Å². The van der Waals surface area contributed by atoms with Crippen LogP contribution in [-0.4, -0.2) is 29.1 Å². The number of halogens is 2. The lowest BCUT2D eigenvalue weighted by Crippen LogP contribution is -2.26. The third-order valence-corrected chi connectivity index (χ3v) is 1.71. The summed E-state index contributed by atoms with van der Waals surface area (Å²) < 4.78 is 25.6. The second-order valence-electron chi connectivity index (χ2n) is 2.80. The summed E-state index contributed by atoms with van der Waals surface area (Å²) in [6.07, 6.45) is 1.38. The van der Waals surface area contributed by atoms with Gasteiger partial charge in [-0.15, -0.1) is 0 Å². The van der Waals surface area contributed by atoms with Gasteiger partial charge in [-0.1, -0.05) is 0 Å². The van der Waals surface area contributed by atoms with Gasteiger partial charge in [-0.2, -0.15) is 4.39 Å². The first-order valence-corrected chi connectivity index (χ1v) is 4.36. The molecule has 0 radical (unpaired) electrons. The fraction of sp³-hybridized carbons (Fsp3) is 0.333. The second-order valence-corrected chi connectivity index (χ2v) is 2.80. The minimum absolute atomic E-state index is 0.0759. The molecule has 0 bridgehead atoms. The van der Waals surface area contributed by atoms with Gasteiger partial charge in [0.1, 0.15) is 0 Å². The van der Waals surface area contributed by atoms with Gasteiger partial charge in [0.05, 0.1) is 5.56 Å². The van der Waals surface area contributed by atoms with E-state index >= 15 is 0 Å². The molecule has 0 aliphatic rings. The Balaban J connectivity index is 2.69. The Hall–Kier alpha value is -1.56. The number of nitrogens with one attached hydrogen (secondary N) is 1. The summed E-state index contributed by atoms with van der Waals surface area (Å²) in [5.74, 6) is -3.29. The average molecular weight is 216 g/mol. The van der Waals surface area contributed by atoms with E-state index in [4.69, 9.17) is 5.11 Å². The van der Waals surface area contributed by atoms with E-state index in [-0.39, 0.29) is 18.7 Å². The van der Waals surface area contributed by atoms with Gasteiger partial charge in [-0.3, -0.25) is 4.79 Å². The number of aliphatic hydroxyl groups is 1. The average Bonchev–Trinajstić information content (AvgIpc) is 2.22. The van der Waals surface area contributed by atoms with E-state index in [0.29, 0.717) is 6.42 Å². The summed E-state index contributed by atoms with van der Waals surface area (Å²) in [4.78, 5) is 14.3. The van der Waals surface area contributed by atoms with Crippen molar-refractivity contribution < 1.29 is 18.7 Å². The molecule has 1 amide bonds. The summed E-state index contributed by atoms with van der Waals surface area (Å²) in [7, 11) is 0. The number of nitrogens with zero attached hydrogens (tertiary/aromatic N) is 1. The van der Waals surface area contributed by atoms with Crippen molar-refractivity contribution in [3.63, 3.8) is 0 Å². The largest absolute Gasteiger partial charge is 0.396 e. The molecule has 6 heteroatoms. The number of hydrogen-bond acceptors (Lipinski definition) is 3. The van der Waals surface area contributed by atoms with E-state index in [1.54, 1.807) is 0 Å². The highest BCUT2D eigenvalue weighted by molar-refractivity contribution is 5.94. The standard InChI is InChI=1S/C9H10F2N2O2/c10-7-6(2-4-12-8(7)11)9(15)13-3-1-5-14/h2,4,14H,1,3,5H2,(H,13,15). The molecule has 4 nitrogen and oxygen atoms in total. The van der Waals surface area contributed by atoms with Crippen molar-refractivity contribution in [2.75, 3.05) is 13.2 Å². The van der Waals surface area contributed by atoms with Gasteiger partial charge in [0, 0.05) is 19.3 Å². The molecule has 1 aromatic heterocycles. The highest BCUT2D eigenvalue weighted by Crippen LogP contribution is 2.08. The van der Waals surface area contributed by atoms with Crippen molar-refractivity contribution in [1.29, 1.82) is 0 Å². The lowest BCUT2D eigenvalue weighted by molar-refractivity contribution is 0.0945. The Labute approximate surface area is 84.9 Å². The van der Waals surface area contributed by atoms with Crippen LogP contribution in [0.15, 0.2) is 12.3 Å². The van der Waals surface area contributed by atoms with E-state index in [9.17, 15) is 13.6 Å². The van der Waals surface area contributed by atoms with E-state index in [0.717, 1.165) is 12.3 Å². The number of carbonyl (C=O) groups excluding carboxylic acids is 1. The van der Waals surface area contributed by atoms with Gasteiger partial charge in [0.2, 0.25) is 5.95 Å². The second kappa shape index (κ2) is 5.35. The van der Waals surface area contributed by atoms with Crippen LogP contribution in [0, 0.1) is 11.8 Å². The number of aliphatic hydroxyl groups excluding tert-OH is 1. The van der Waals surface area contributed by atoms with Crippen molar-refractivity contribution >= 4 is 5.91 Å². The predicted molar refractivity (Wildman–Crippen MR) is 48.2 cm³/mol. The third kappa shape index (κ3) is 2.95. The summed E-state index contributed by atoms with van der Waals surface area (Å²) in [6.45, 7) is 0.131. The van der Waals surface area contributed by atoms with Crippen LogP contribution in [-0.2, 0) is 0 Å². The molecular weight excluding hydrogens is 206 g/mol. The van der Waals surface area contributed by atoms with Crippen LogP contribution in [0.4, 0.5) is 8.78 Å². The maximum Gasteiger partial charge on any atom is 0.254 e. The Morgan fingerprint density at radius 2 is 2.27 bits per heavy atom. The number of aromatic nitrogens is 1. The van der Waals surface area contributed by atoms with E-state index in [1.165, 1.54) is 0 Å². The first-order chi connectivity index (χ1) is 7.16. The first kappa shape index (κ1) is 11.5. The smallest absolute Gasteiger partial charge is 0.254 e. The molecule has 1 aromatic rings. The lowest BCUT2D eigenvalue weighted by atomic mass is 10.2. The lowest BCUT2D eigenvalue weighted by Gasteiger charge is -2.04. The van der Waals surface area contributed by atoms with E-state index < -0.39 is 17.7 Å². The molecule has 0 unspecified atom stereocenters. The number of hydrogen-bond donors (Lipinski definition) is 2. The van der Waals surface area contributed by atoms with Gasteiger partial charge < -0.3 is 10.4 Å². The molecular formula is C9H10F2N2O2. The molecule has 82 valence electrons. The molecule has 1 rings (SSSR count). The zero-order valence-corrected chi connectivity index (χ0v) is 7.83. The molecule has 0 atom stereocenters. The number of amides is 1.